The van der Waals surface area contributed by atoms with E-state index in [0.29, 0.717) is 0 Å². The predicted molar refractivity (Wildman–Crippen MR) is 67.9 cm³/mol. The lowest BCUT2D eigenvalue weighted by Crippen LogP contribution is -2.15. The largest absolute Gasteiger partial charge is 0.326 e. The molecule has 0 amide bonds. The Morgan fingerprint density at radius 2 is 2.11 bits per heavy atom. The Morgan fingerprint density at radius 1 is 1.33 bits per heavy atom. The first-order chi connectivity index (χ1) is 8.51. The second-order valence-corrected chi connectivity index (χ2v) is 6.41. The van der Waals surface area contributed by atoms with E-state index >= 15 is 0 Å². The number of nitrogens with two attached hydrogens (primary N) is 1. The van der Waals surface area contributed by atoms with Crippen LogP contribution in [0.3, 0.4) is 0 Å². The van der Waals surface area contributed by atoms with Gasteiger partial charge in [0.15, 0.2) is 5.82 Å². The zero-order valence-electron chi connectivity index (χ0n) is 9.08. The average molecular weight is 286 g/mol. The number of aromatic nitrogens is 2. The molecule has 0 unspecified atom stereocenters. The average Bonchev–Trinajstić information content (AvgIpc) is 2.81. The van der Waals surface area contributed by atoms with Crippen molar-refractivity contribution >= 4 is 27.2 Å². The van der Waals surface area contributed by atoms with Gasteiger partial charge in [-0.3, -0.25) is 9.52 Å². The normalized spacial score (nSPS) is 11.4. The third-order valence-electron chi connectivity index (χ3n) is 2.02. The summed E-state index contributed by atoms with van der Waals surface area (Å²) < 4.78 is 26.3. The summed E-state index contributed by atoms with van der Waals surface area (Å²) in [6, 6.07) is 5.60. The number of H-pyrrole nitrogens is 1. The molecular weight excluding hydrogens is 276 g/mol. The van der Waals surface area contributed by atoms with E-state index in [0.717, 1.165) is 16.2 Å². The quantitative estimate of drug-likeness (QED) is 0.736. The van der Waals surface area contributed by atoms with Crippen LogP contribution in [0.5, 0.6) is 0 Å². The molecule has 0 bridgehead atoms. The molecule has 2 aromatic rings. The lowest BCUT2D eigenvalue weighted by molar-refractivity contribution is 0.603. The van der Waals surface area contributed by atoms with Crippen LogP contribution in [0.15, 0.2) is 33.3 Å². The van der Waals surface area contributed by atoms with Crippen LogP contribution in [0.25, 0.3) is 0 Å². The minimum absolute atomic E-state index is 0.0531. The van der Waals surface area contributed by atoms with Crippen molar-refractivity contribution in [1.82, 2.24) is 10.2 Å². The molecule has 2 rings (SSSR count). The van der Waals surface area contributed by atoms with Gasteiger partial charge in [-0.25, -0.2) is 13.5 Å². The summed E-state index contributed by atoms with van der Waals surface area (Å²) in [4.78, 5) is 11.6. The van der Waals surface area contributed by atoms with E-state index in [-0.39, 0.29) is 16.6 Å². The van der Waals surface area contributed by atoms with E-state index in [4.69, 9.17) is 5.73 Å². The van der Waals surface area contributed by atoms with Gasteiger partial charge in [-0.05, 0) is 18.2 Å². The molecule has 0 saturated carbocycles. The van der Waals surface area contributed by atoms with Gasteiger partial charge in [0.05, 0.1) is 0 Å². The Kier molecular flexibility index (Phi) is 3.45. The fourth-order valence-corrected chi connectivity index (χ4v) is 3.44. The van der Waals surface area contributed by atoms with E-state index in [2.05, 4.69) is 14.9 Å². The van der Waals surface area contributed by atoms with Crippen molar-refractivity contribution < 1.29 is 8.42 Å². The van der Waals surface area contributed by atoms with Gasteiger partial charge in [-0.15, -0.1) is 11.3 Å². The van der Waals surface area contributed by atoms with Gasteiger partial charge < -0.3 is 5.73 Å². The Hall–Kier alpha value is -1.71. The Morgan fingerprint density at radius 3 is 2.67 bits per heavy atom. The first-order valence-corrected chi connectivity index (χ1v) is 7.18. The maximum atomic E-state index is 11.9. The molecule has 18 heavy (non-hydrogen) atoms. The molecule has 0 saturated heterocycles. The summed E-state index contributed by atoms with van der Waals surface area (Å²) in [5.74, 6) is 0.0531. The number of hydrogen-bond acceptors (Lipinski definition) is 6. The Balaban J connectivity index is 2.26. The summed E-state index contributed by atoms with van der Waals surface area (Å²) in [7, 11) is -3.69. The highest BCUT2D eigenvalue weighted by Gasteiger charge is 2.17. The molecule has 4 N–H and O–H groups in total. The molecule has 7 nitrogen and oxygen atoms in total. The van der Waals surface area contributed by atoms with Crippen molar-refractivity contribution in [3.8, 4) is 0 Å². The van der Waals surface area contributed by atoms with E-state index in [1.165, 1.54) is 18.2 Å². The summed E-state index contributed by atoms with van der Waals surface area (Å²) in [5.41, 5.74) is 5.02. The molecule has 96 valence electrons. The molecule has 0 aliphatic heterocycles. The zero-order valence-corrected chi connectivity index (χ0v) is 10.7. The molecule has 2 heterocycles. The molecule has 9 heteroatoms. The summed E-state index contributed by atoms with van der Waals surface area (Å²) in [6.45, 7) is 0.289. The van der Waals surface area contributed by atoms with Crippen LogP contribution < -0.4 is 16.0 Å². The van der Waals surface area contributed by atoms with Crippen molar-refractivity contribution in [3.63, 3.8) is 0 Å². The van der Waals surface area contributed by atoms with Crippen LogP contribution in [-0.4, -0.2) is 18.6 Å². The summed E-state index contributed by atoms with van der Waals surface area (Å²) in [6.07, 6.45) is 0. The summed E-state index contributed by atoms with van der Waals surface area (Å²) >= 11 is 1.09. The lowest BCUT2D eigenvalue weighted by Gasteiger charge is -2.03. The van der Waals surface area contributed by atoms with Crippen LogP contribution in [0, 0.1) is 0 Å². The van der Waals surface area contributed by atoms with Crippen LogP contribution in [-0.2, 0) is 16.6 Å². The number of sulfonamides is 1. The van der Waals surface area contributed by atoms with Gasteiger partial charge in [-0.1, -0.05) is 0 Å². The fraction of sp³-hybridized carbons (Fsp3) is 0.111. The summed E-state index contributed by atoms with van der Waals surface area (Å²) in [5, 5.41) is 5.71. The molecule has 0 atom stereocenters. The second-order valence-electron chi connectivity index (χ2n) is 3.34. The second kappa shape index (κ2) is 4.88. The smallest absolute Gasteiger partial charge is 0.272 e. The van der Waals surface area contributed by atoms with Crippen LogP contribution in [0.1, 0.15) is 4.88 Å². The molecule has 0 aromatic carbocycles. The third kappa shape index (κ3) is 2.75. The van der Waals surface area contributed by atoms with E-state index in [9.17, 15) is 13.2 Å². The highest BCUT2D eigenvalue weighted by molar-refractivity contribution is 7.94. The van der Waals surface area contributed by atoms with Gasteiger partial charge >= 0.3 is 0 Å². The third-order valence-corrected chi connectivity index (χ3v) is 4.98. The number of nitrogens with zero attached hydrogens (tertiary/aromatic N) is 1. The number of hydrogen-bond donors (Lipinski definition) is 3. The Labute approximate surface area is 107 Å². The highest BCUT2D eigenvalue weighted by atomic mass is 32.2. The SMILES string of the molecule is NCc1ccc(S(=O)(=O)Nc2ccc(=O)[nH]n2)s1. The monoisotopic (exact) mass is 286 g/mol. The molecule has 0 spiro atoms. The van der Waals surface area contributed by atoms with Crippen molar-refractivity contribution in [1.29, 1.82) is 0 Å². The number of nitrogens with one attached hydrogen (secondary N) is 2. The molecule has 0 fully saturated rings. The van der Waals surface area contributed by atoms with Crippen molar-refractivity contribution in [2.24, 2.45) is 5.73 Å². The molecule has 0 radical (unpaired) electrons. The Bertz CT molecular complexity index is 684. The van der Waals surface area contributed by atoms with Crippen molar-refractivity contribution in [3.05, 3.63) is 39.5 Å². The van der Waals surface area contributed by atoms with Crippen molar-refractivity contribution in [2.75, 3.05) is 4.72 Å². The first-order valence-electron chi connectivity index (χ1n) is 4.88. The van der Waals surface area contributed by atoms with Gasteiger partial charge in [-0.2, -0.15) is 5.10 Å². The van der Waals surface area contributed by atoms with Gasteiger partial charge in [0.2, 0.25) is 0 Å². The highest BCUT2D eigenvalue weighted by Crippen LogP contribution is 2.22. The topological polar surface area (TPSA) is 118 Å². The maximum absolute atomic E-state index is 11.9. The lowest BCUT2D eigenvalue weighted by atomic mass is 10.5. The van der Waals surface area contributed by atoms with Gasteiger partial charge in [0.25, 0.3) is 15.6 Å². The van der Waals surface area contributed by atoms with Gasteiger partial charge in [0, 0.05) is 17.5 Å². The van der Waals surface area contributed by atoms with Crippen LogP contribution in [0.4, 0.5) is 5.82 Å². The van der Waals surface area contributed by atoms with E-state index < -0.39 is 15.6 Å². The zero-order chi connectivity index (χ0) is 13.2. The number of thiophene rings is 1. The van der Waals surface area contributed by atoms with E-state index in [1.54, 1.807) is 6.07 Å². The van der Waals surface area contributed by atoms with E-state index in [1.807, 2.05) is 0 Å². The molecule has 0 aliphatic rings. The first kappa shape index (κ1) is 12.7. The number of anilines is 1. The van der Waals surface area contributed by atoms with Crippen LogP contribution in [0.2, 0.25) is 0 Å². The number of rotatable bonds is 4. The van der Waals surface area contributed by atoms with Crippen LogP contribution >= 0.6 is 11.3 Å². The number of aromatic amines is 1. The molecule has 0 aliphatic carbocycles. The predicted octanol–water partition coefficient (Wildman–Crippen LogP) is 0.0909. The maximum Gasteiger partial charge on any atom is 0.272 e. The minimum atomic E-state index is -3.69. The van der Waals surface area contributed by atoms with Gasteiger partial charge in [0.1, 0.15) is 4.21 Å². The van der Waals surface area contributed by atoms with Crippen molar-refractivity contribution in [2.45, 2.75) is 10.8 Å². The minimum Gasteiger partial charge on any atom is -0.326 e. The standard InChI is InChI=1S/C9H10N4O3S2/c10-5-6-1-4-9(17-6)18(15,16)13-7-2-3-8(14)12-11-7/h1-4H,5,10H2,(H,11,13)(H,12,14). The molecule has 2 aromatic heterocycles. The molecular formula is C9H10N4O3S2. The fourth-order valence-electron chi connectivity index (χ4n) is 1.20.